The van der Waals surface area contributed by atoms with Gasteiger partial charge in [0.25, 0.3) is 0 Å². The largest absolute Gasteiger partial charge is 0.0629 e. The van der Waals surface area contributed by atoms with Gasteiger partial charge in [0, 0.05) is 0 Å². The number of rotatable bonds is 3. The molecule has 0 spiro atoms. The van der Waals surface area contributed by atoms with Gasteiger partial charge in [0.2, 0.25) is 0 Å². The first-order chi connectivity index (χ1) is 26.7. The van der Waals surface area contributed by atoms with Crippen molar-refractivity contribution in [3.8, 4) is 33.4 Å². The van der Waals surface area contributed by atoms with Gasteiger partial charge in [-0.2, -0.15) is 0 Å². The van der Waals surface area contributed by atoms with E-state index in [-0.39, 0.29) is 43.5 Å². The molecule has 0 nitrogen and oxygen atoms in total. The van der Waals surface area contributed by atoms with E-state index in [1.165, 1.54) is 11.1 Å². The molecule has 1 aliphatic carbocycles. The third-order valence-electron chi connectivity index (χ3n) is 9.41. The molecule has 1 aliphatic rings. The van der Waals surface area contributed by atoms with Gasteiger partial charge in [-0.05, 0) is 113 Å². The van der Waals surface area contributed by atoms with Crippen molar-refractivity contribution in [2.75, 3.05) is 0 Å². The van der Waals surface area contributed by atoms with E-state index in [0.29, 0.717) is 5.56 Å². The summed E-state index contributed by atoms with van der Waals surface area (Å²) in [4.78, 5) is 0. The summed E-state index contributed by atoms with van der Waals surface area (Å²) in [5.41, 5.74) is 4.42. The van der Waals surface area contributed by atoms with Crippen LogP contribution in [0.4, 0.5) is 0 Å². The fourth-order valence-electron chi connectivity index (χ4n) is 7.08. The number of hydrogen-bond donors (Lipinski definition) is 0. The van der Waals surface area contributed by atoms with Crippen molar-refractivity contribution in [2.24, 2.45) is 0 Å². The first-order valence-electron chi connectivity index (χ1n) is 21.4. The zero-order chi connectivity index (χ0) is 41.4. The van der Waals surface area contributed by atoms with Crippen LogP contribution in [-0.2, 0) is 10.8 Å². The SMILES string of the molecule is [2H]c1c([2H])c([2H])c(-c2c3c([2H])c([2H])c([2H])c([2H])c3c(-c3ccc4ccc(-c5cccc6c5C(C)(C)CCC6(C)C)cc4c3)c3c([2H])c([2H])c([2H])c([2H])c23)c([2H])c1[2H]. The Hall–Kier alpha value is -4.68. The molecule has 0 unspecified atom stereocenters. The zero-order valence-corrected chi connectivity index (χ0v) is 25.1. The third-order valence-corrected chi connectivity index (χ3v) is 9.41. The van der Waals surface area contributed by atoms with Crippen molar-refractivity contribution in [1.82, 2.24) is 0 Å². The van der Waals surface area contributed by atoms with Crippen LogP contribution in [-0.4, -0.2) is 0 Å². The van der Waals surface area contributed by atoms with Crippen LogP contribution < -0.4 is 0 Å². The fourth-order valence-corrected chi connectivity index (χ4v) is 7.08. The highest BCUT2D eigenvalue weighted by Gasteiger charge is 2.38. The lowest BCUT2D eigenvalue weighted by Crippen LogP contribution is -2.34. The standard InChI is InChI=1S/C44H38/c1-43(2)25-26-44(3,4)42-34(19-12-20-39(42)43)31-23-21-29-22-24-32(28-33(29)27-31)41-37-17-10-8-15-35(37)40(30-13-6-5-7-14-30)36-16-9-11-18-38(36)41/h5-24,27-28H,25-26H2,1-4H3/i5D,6D,7D,8D,9D,10D,11D,13D,14D,15D,16D,17D,18D. The Bertz CT molecular complexity index is 2830. The summed E-state index contributed by atoms with van der Waals surface area (Å²) in [7, 11) is 0. The van der Waals surface area contributed by atoms with E-state index in [4.69, 9.17) is 12.3 Å². The van der Waals surface area contributed by atoms with Gasteiger partial charge >= 0.3 is 0 Å². The predicted molar refractivity (Wildman–Crippen MR) is 191 cm³/mol. The van der Waals surface area contributed by atoms with E-state index in [1.54, 1.807) is 6.07 Å². The van der Waals surface area contributed by atoms with E-state index in [0.717, 1.165) is 34.7 Å². The quantitative estimate of drug-likeness (QED) is 0.183. The first kappa shape index (κ1) is 16.4. The van der Waals surface area contributed by atoms with Crippen molar-refractivity contribution in [2.45, 2.75) is 51.4 Å². The summed E-state index contributed by atoms with van der Waals surface area (Å²) >= 11 is 0. The summed E-state index contributed by atoms with van der Waals surface area (Å²) in [6.45, 7) is 9.10. The summed E-state index contributed by atoms with van der Waals surface area (Å²) < 4.78 is 115. The highest BCUT2D eigenvalue weighted by Crippen LogP contribution is 2.50. The number of benzene rings is 7. The Morgan fingerprint density at radius 1 is 0.500 bits per heavy atom. The van der Waals surface area contributed by atoms with Gasteiger partial charge in [-0.1, -0.05) is 149 Å². The summed E-state index contributed by atoms with van der Waals surface area (Å²) in [5, 5.41) is 1.02. The first-order valence-corrected chi connectivity index (χ1v) is 14.9. The zero-order valence-electron chi connectivity index (χ0n) is 38.1. The Labute approximate surface area is 279 Å². The molecule has 0 radical (unpaired) electrons. The van der Waals surface area contributed by atoms with Crippen LogP contribution >= 0.6 is 0 Å². The van der Waals surface area contributed by atoms with E-state index in [2.05, 4.69) is 58.0 Å². The van der Waals surface area contributed by atoms with E-state index < -0.39 is 84.1 Å². The fraction of sp³-hybridized carbons (Fsp3) is 0.182. The molecule has 214 valence electrons. The lowest BCUT2D eigenvalue weighted by Gasteiger charge is -2.43. The van der Waals surface area contributed by atoms with Gasteiger partial charge < -0.3 is 0 Å². The molecule has 8 rings (SSSR count). The molecule has 0 saturated heterocycles. The van der Waals surface area contributed by atoms with Crippen molar-refractivity contribution in [3.63, 3.8) is 0 Å². The molecule has 0 heteroatoms. The average Bonchev–Trinajstić information content (AvgIpc) is 3.19. The molecule has 0 saturated carbocycles. The lowest BCUT2D eigenvalue weighted by atomic mass is 9.61. The van der Waals surface area contributed by atoms with Crippen LogP contribution in [0.1, 0.15) is 69.5 Å². The molecule has 0 N–H and O–H groups in total. The van der Waals surface area contributed by atoms with Crippen LogP contribution in [0.2, 0.25) is 0 Å². The molecule has 7 aromatic carbocycles. The Morgan fingerprint density at radius 2 is 1.02 bits per heavy atom. The van der Waals surface area contributed by atoms with Gasteiger partial charge in [-0.3, -0.25) is 0 Å². The normalized spacial score (nSPS) is 19.6. The van der Waals surface area contributed by atoms with Crippen molar-refractivity contribution < 1.29 is 17.8 Å². The maximum absolute atomic E-state index is 9.28. The molecule has 7 aromatic rings. The van der Waals surface area contributed by atoms with Crippen molar-refractivity contribution >= 4 is 32.3 Å². The molecule has 0 aliphatic heterocycles. The summed E-state index contributed by atoms with van der Waals surface area (Å²) in [5.74, 6) is 0. The molecule has 44 heavy (non-hydrogen) atoms. The maximum atomic E-state index is 9.28. The number of hydrogen-bond acceptors (Lipinski definition) is 0. The van der Waals surface area contributed by atoms with Crippen LogP contribution in [0.5, 0.6) is 0 Å². The minimum Gasteiger partial charge on any atom is -0.0622 e. The molecular formula is C44H38. The third kappa shape index (κ3) is 4.20. The molecule has 0 atom stereocenters. The van der Waals surface area contributed by atoms with Gasteiger partial charge in [0.15, 0.2) is 0 Å². The summed E-state index contributed by atoms with van der Waals surface area (Å²) in [6, 6.07) is 10.0. The van der Waals surface area contributed by atoms with Gasteiger partial charge in [-0.25, -0.2) is 0 Å². The highest BCUT2D eigenvalue weighted by molar-refractivity contribution is 6.21. The topological polar surface area (TPSA) is 0 Å². The van der Waals surface area contributed by atoms with Crippen molar-refractivity contribution in [1.29, 1.82) is 0 Å². The van der Waals surface area contributed by atoms with Crippen LogP contribution in [0.3, 0.4) is 0 Å². The summed E-state index contributed by atoms with van der Waals surface area (Å²) in [6.07, 6.45) is 2.09. The predicted octanol–water partition coefficient (Wildman–Crippen LogP) is 12.5. The monoisotopic (exact) mass is 579 g/mol. The van der Waals surface area contributed by atoms with Gasteiger partial charge in [0.05, 0.1) is 17.8 Å². The van der Waals surface area contributed by atoms with Crippen LogP contribution in [0.15, 0.2) is 133 Å². The second-order valence-corrected chi connectivity index (χ2v) is 13.0. The Kier molecular flexibility index (Phi) is 3.70. The molecule has 0 amide bonds. The smallest absolute Gasteiger partial charge is 0.0622 e. The number of fused-ring (bicyclic) bond motifs is 4. The van der Waals surface area contributed by atoms with Crippen molar-refractivity contribution in [3.05, 3.63) is 144 Å². The highest BCUT2D eigenvalue weighted by atomic mass is 14.4. The Morgan fingerprint density at radius 3 is 1.66 bits per heavy atom. The second-order valence-electron chi connectivity index (χ2n) is 13.0. The molecule has 0 heterocycles. The van der Waals surface area contributed by atoms with E-state index in [9.17, 15) is 5.48 Å². The molecule has 0 bridgehead atoms. The maximum Gasteiger partial charge on any atom is 0.0629 e. The minimum atomic E-state index is -0.699. The van der Waals surface area contributed by atoms with E-state index in [1.807, 2.05) is 18.2 Å². The second kappa shape index (κ2) is 9.93. The molecule has 0 fully saturated rings. The Balaban J connectivity index is 1.54. The molecular weight excluding hydrogens is 528 g/mol. The average molecular weight is 580 g/mol. The van der Waals surface area contributed by atoms with Crippen LogP contribution in [0.25, 0.3) is 65.7 Å². The molecule has 0 aromatic heterocycles. The lowest BCUT2D eigenvalue weighted by molar-refractivity contribution is 0.333. The minimum absolute atomic E-state index is 0.00506. The van der Waals surface area contributed by atoms with E-state index >= 15 is 0 Å². The van der Waals surface area contributed by atoms with Gasteiger partial charge in [-0.15, -0.1) is 0 Å². The van der Waals surface area contributed by atoms with Crippen LogP contribution in [0, 0.1) is 0 Å². The van der Waals surface area contributed by atoms with Gasteiger partial charge in [0.1, 0.15) is 0 Å².